The Balaban J connectivity index is 1.57. The first-order chi connectivity index (χ1) is 11.2. The van der Waals surface area contributed by atoms with Crippen molar-refractivity contribution < 1.29 is 9.18 Å². The fourth-order valence-corrected chi connectivity index (χ4v) is 3.70. The monoisotopic (exact) mass is 333 g/mol. The molecule has 3 rings (SSSR count). The minimum Gasteiger partial charge on any atom is -0.336 e. The van der Waals surface area contributed by atoms with Crippen molar-refractivity contribution in [3.63, 3.8) is 0 Å². The molecule has 0 radical (unpaired) electrons. The predicted octanol–water partition coefficient (Wildman–Crippen LogP) is 3.85. The zero-order valence-electron chi connectivity index (χ0n) is 12.8. The van der Waals surface area contributed by atoms with E-state index >= 15 is 0 Å². The van der Waals surface area contributed by atoms with Crippen molar-refractivity contribution in [2.24, 2.45) is 0 Å². The molecule has 2 heterocycles. The molecule has 1 atom stereocenters. The highest BCUT2D eigenvalue weighted by molar-refractivity contribution is 7.10. The van der Waals surface area contributed by atoms with Crippen molar-refractivity contribution in [3.05, 3.63) is 52.5 Å². The van der Waals surface area contributed by atoms with Crippen molar-refractivity contribution in [1.29, 1.82) is 0 Å². The van der Waals surface area contributed by atoms with Crippen molar-refractivity contribution in [2.75, 3.05) is 25.0 Å². The summed E-state index contributed by atoms with van der Waals surface area (Å²) >= 11 is 1.72. The first-order valence-electron chi connectivity index (χ1n) is 7.80. The first-order valence-corrected chi connectivity index (χ1v) is 8.68. The van der Waals surface area contributed by atoms with Gasteiger partial charge in [-0.25, -0.2) is 9.18 Å². The maximum Gasteiger partial charge on any atom is 0.319 e. The van der Waals surface area contributed by atoms with Gasteiger partial charge in [0.1, 0.15) is 5.82 Å². The van der Waals surface area contributed by atoms with Crippen molar-refractivity contribution >= 4 is 23.1 Å². The Morgan fingerprint density at radius 2 is 1.96 bits per heavy atom. The van der Waals surface area contributed by atoms with E-state index in [4.69, 9.17) is 0 Å². The van der Waals surface area contributed by atoms with Gasteiger partial charge in [-0.1, -0.05) is 6.07 Å². The molecule has 2 amide bonds. The van der Waals surface area contributed by atoms with Gasteiger partial charge in [0.25, 0.3) is 0 Å². The highest BCUT2D eigenvalue weighted by Crippen LogP contribution is 2.27. The number of halogens is 1. The summed E-state index contributed by atoms with van der Waals surface area (Å²) in [5.74, 6) is -0.317. The second-order valence-electron chi connectivity index (χ2n) is 5.62. The third-order valence-electron chi connectivity index (χ3n) is 4.01. The normalized spacial score (nSPS) is 16.2. The number of urea groups is 1. The zero-order chi connectivity index (χ0) is 16.1. The summed E-state index contributed by atoms with van der Waals surface area (Å²) in [5.41, 5.74) is 0.581. The number of amides is 2. The van der Waals surface area contributed by atoms with Gasteiger partial charge in [-0.2, -0.15) is 0 Å². The molecule has 0 saturated carbocycles. The number of carbonyl (C=O) groups excluding carboxylic acids is 1. The first kappa shape index (κ1) is 16.0. The molecule has 122 valence electrons. The van der Waals surface area contributed by atoms with Gasteiger partial charge in [0.15, 0.2) is 0 Å². The van der Waals surface area contributed by atoms with Crippen LogP contribution in [0.15, 0.2) is 41.8 Å². The molecule has 4 nitrogen and oxygen atoms in total. The van der Waals surface area contributed by atoms with Gasteiger partial charge in [0.05, 0.1) is 6.04 Å². The van der Waals surface area contributed by atoms with Crippen molar-refractivity contribution in [2.45, 2.75) is 18.9 Å². The molecular weight excluding hydrogens is 313 g/mol. The van der Waals surface area contributed by atoms with Crippen LogP contribution in [0.1, 0.15) is 23.8 Å². The summed E-state index contributed by atoms with van der Waals surface area (Å²) < 4.78 is 12.9. The predicted molar refractivity (Wildman–Crippen MR) is 91.3 cm³/mol. The van der Waals surface area contributed by atoms with E-state index in [0.717, 1.165) is 13.1 Å². The Bertz CT molecular complexity index is 624. The summed E-state index contributed by atoms with van der Waals surface area (Å²) in [6, 6.07) is 9.87. The molecule has 1 saturated heterocycles. The highest BCUT2D eigenvalue weighted by Gasteiger charge is 2.24. The molecule has 0 spiro atoms. The number of rotatable bonds is 5. The van der Waals surface area contributed by atoms with E-state index in [2.05, 4.69) is 27.0 Å². The molecule has 1 fully saturated rings. The maximum absolute atomic E-state index is 12.9. The average molecular weight is 333 g/mol. The number of benzene rings is 1. The second-order valence-corrected chi connectivity index (χ2v) is 6.60. The third-order valence-corrected chi connectivity index (χ3v) is 4.98. The van der Waals surface area contributed by atoms with Crippen LogP contribution in [0.25, 0.3) is 0 Å². The van der Waals surface area contributed by atoms with E-state index in [1.54, 1.807) is 23.5 Å². The minimum absolute atomic E-state index is 0.219. The summed E-state index contributed by atoms with van der Waals surface area (Å²) in [5, 5.41) is 7.73. The van der Waals surface area contributed by atoms with Gasteiger partial charge >= 0.3 is 6.03 Å². The van der Waals surface area contributed by atoms with Crippen molar-refractivity contribution in [3.8, 4) is 0 Å². The lowest BCUT2D eigenvalue weighted by molar-refractivity contribution is 0.229. The quantitative estimate of drug-likeness (QED) is 0.873. The fourth-order valence-electron chi connectivity index (χ4n) is 2.84. The lowest BCUT2D eigenvalue weighted by atomic mass is 10.2. The molecule has 1 aliphatic rings. The Labute approximate surface area is 139 Å². The molecule has 2 aromatic rings. The van der Waals surface area contributed by atoms with Gasteiger partial charge in [-0.05, 0) is 61.6 Å². The van der Waals surface area contributed by atoms with Gasteiger partial charge < -0.3 is 10.6 Å². The Morgan fingerprint density at radius 1 is 1.22 bits per heavy atom. The van der Waals surface area contributed by atoms with Crippen LogP contribution in [0.2, 0.25) is 0 Å². The van der Waals surface area contributed by atoms with Crippen molar-refractivity contribution in [1.82, 2.24) is 10.2 Å². The lowest BCUT2D eigenvalue weighted by Crippen LogP contribution is -2.38. The molecule has 6 heteroatoms. The molecule has 2 N–H and O–H groups in total. The van der Waals surface area contributed by atoms with Gasteiger partial charge in [-0.15, -0.1) is 11.3 Å². The zero-order valence-corrected chi connectivity index (χ0v) is 13.6. The molecule has 0 unspecified atom stereocenters. The molecule has 0 bridgehead atoms. The summed E-state index contributed by atoms with van der Waals surface area (Å²) in [4.78, 5) is 15.7. The topological polar surface area (TPSA) is 44.4 Å². The van der Waals surface area contributed by atoms with Crippen LogP contribution in [0, 0.1) is 5.82 Å². The van der Waals surface area contributed by atoms with E-state index in [0.29, 0.717) is 12.2 Å². The number of hydrogen-bond acceptors (Lipinski definition) is 3. The van der Waals surface area contributed by atoms with Crippen LogP contribution in [-0.4, -0.2) is 30.6 Å². The summed E-state index contributed by atoms with van der Waals surface area (Å²) in [6.45, 7) is 2.71. The number of nitrogens with zero attached hydrogens (tertiary/aromatic N) is 1. The molecular formula is C17H20FN3OS. The number of likely N-dealkylation sites (tertiary alicyclic amines) is 1. The van der Waals surface area contributed by atoms with Crippen LogP contribution >= 0.6 is 11.3 Å². The van der Waals surface area contributed by atoms with Crippen LogP contribution < -0.4 is 10.6 Å². The van der Waals surface area contributed by atoms with Crippen LogP contribution in [0.3, 0.4) is 0 Å². The standard InChI is InChI=1S/C17H20FN3OS/c18-13-5-7-14(8-6-13)20-17(22)19-12-15(16-4-3-11-23-16)21-9-1-2-10-21/h3-8,11,15H,1-2,9-10,12H2,(H2,19,20,22)/t15-/m1/s1. The molecule has 1 aromatic heterocycles. The number of hydrogen-bond donors (Lipinski definition) is 2. The lowest BCUT2D eigenvalue weighted by Gasteiger charge is -2.26. The van der Waals surface area contributed by atoms with E-state index in [1.165, 1.54) is 29.9 Å². The number of thiophene rings is 1. The SMILES string of the molecule is O=C(NC[C@H](c1cccs1)N1CCCC1)Nc1ccc(F)cc1. The Morgan fingerprint density at radius 3 is 2.61 bits per heavy atom. The Hall–Kier alpha value is -1.92. The number of nitrogens with one attached hydrogen (secondary N) is 2. The largest absolute Gasteiger partial charge is 0.336 e. The van der Waals surface area contributed by atoms with E-state index in [-0.39, 0.29) is 17.9 Å². The number of anilines is 1. The van der Waals surface area contributed by atoms with Gasteiger partial charge in [0.2, 0.25) is 0 Å². The minimum atomic E-state index is -0.317. The van der Waals surface area contributed by atoms with Gasteiger partial charge in [0, 0.05) is 17.1 Å². The Kier molecular flexibility index (Phi) is 5.25. The average Bonchev–Trinajstić information content (AvgIpc) is 3.24. The highest BCUT2D eigenvalue weighted by atomic mass is 32.1. The summed E-state index contributed by atoms with van der Waals surface area (Å²) in [6.07, 6.45) is 2.42. The smallest absolute Gasteiger partial charge is 0.319 e. The van der Waals surface area contributed by atoms with Crippen LogP contribution in [-0.2, 0) is 0 Å². The molecule has 1 aliphatic heterocycles. The van der Waals surface area contributed by atoms with Crippen LogP contribution in [0.4, 0.5) is 14.9 Å². The number of carbonyl (C=O) groups is 1. The van der Waals surface area contributed by atoms with E-state index < -0.39 is 0 Å². The summed E-state index contributed by atoms with van der Waals surface area (Å²) in [7, 11) is 0. The van der Waals surface area contributed by atoms with E-state index in [1.807, 2.05) is 6.07 Å². The van der Waals surface area contributed by atoms with E-state index in [9.17, 15) is 9.18 Å². The van der Waals surface area contributed by atoms with Crippen LogP contribution in [0.5, 0.6) is 0 Å². The van der Waals surface area contributed by atoms with Gasteiger partial charge in [-0.3, -0.25) is 4.90 Å². The third kappa shape index (κ3) is 4.30. The molecule has 23 heavy (non-hydrogen) atoms. The molecule has 1 aromatic carbocycles. The maximum atomic E-state index is 12.9. The fraction of sp³-hybridized carbons (Fsp3) is 0.353. The molecule has 0 aliphatic carbocycles. The second kappa shape index (κ2) is 7.57.